The van der Waals surface area contributed by atoms with Gasteiger partial charge in [0, 0.05) is 30.6 Å². The Morgan fingerprint density at radius 3 is 2.81 bits per heavy atom. The van der Waals surface area contributed by atoms with E-state index in [1.807, 2.05) is 37.4 Å². The quantitative estimate of drug-likeness (QED) is 0.831. The third kappa shape index (κ3) is 3.42. The molecule has 5 heteroatoms. The second kappa shape index (κ2) is 6.72. The first-order chi connectivity index (χ1) is 10.1. The lowest BCUT2D eigenvalue weighted by Gasteiger charge is -2.26. The number of fused-ring (bicyclic) bond motifs is 1. The Morgan fingerprint density at radius 1 is 1.43 bits per heavy atom. The van der Waals surface area contributed by atoms with Crippen molar-refractivity contribution in [2.45, 2.75) is 13.8 Å². The van der Waals surface area contributed by atoms with Crippen LogP contribution >= 0.6 is 12.2 Å². The highest BCUT2D eigenvalue weighted by Crippen LogP contribution is 2.28. The summed E-state index contributed by atoms with van der Waals surface area (Å²) in [6.45, 7) is 5.77. The van der Waals surface area contributed by atoms with Crippen molar-refractivity contribution in [2.24, 2.45) is 11.7 Å². The maximum absolute atomic E-state index is 5.74. The third-order valence-electron chi connectivity index (χ3n) is 3.61. The van der Waals surface area contributed by atoms with Gasteiger partial charge in [0.1, 0.15) is 11.6 Å². The van der Waals surface area contributed by atoms with Crippen molar-refractivity contribution in [2.75, 3.05) is 25.1 Å². The van der Waals surface area contributed by atoms with E-state index in [0.29, 0.717) is 4.99 Å². The summed E-state index contributed by atoms with van der Waals surface area (Å²) in [5, 5.41) is 2.22. The standard InChI is InChI=1S/C16H21N3OS/c1-4-19(10-11(2)15(17)21)16-14-6-5-13(20-3)9-12(14)7-8-18-16/h5-9,11H,4,10H2,1-3H3,(H2,17,21). The minimum absolute atomic E-state index is 0.148. The molecule has 0 bridgehead atoms. The fraction of sp³-hybridized carbons (Fsp3) is 0.375. The molecule has 0 fully saturated rings. The summed E-state index contributed by atoms with van der Waals surface area (Å²) in [6, 6.07) is 8.01. The van der Waals surface area contributed by atoms with Crippen molar-refractivity contribution in [3.8, 4) is 5.75 Å². The summed E-state index contributed by atoms with van der Waals surface area (Å²) in [4.78, 5) is 7.29. The molecular weight excluding hydrogens is 282 g/mol. The van der Waals surface area contributed by atoms with Crippen LogP contribution in [0, 0.1) is 5.92 Å². The van der Waals surface area contributed by atoms with Crippen LogP contribution in [0.1, 0.15) is 13.8 Å². The van der Waals surface area contributed by atoms with E-state index in [1.54, 1.807) is 7.11 Å². The van der Waals surface area contributed by atoms with Crippen molar-refractivity contribution in [3.05, 3.63) is 30.5 Å². The third-order valence-corrected chi connectivity index (χ3v) is 4.01. The summed E-state index contributed by atoms with van der Waals surface area (Å²) in [5.41, 5.74) is 5.74. The highest BCUT2D eigenvalue weighted by molar-refractivity contribution is 7.80. The van der Waals surface area contributed by atoms with Crippen LogP contribution < -0.4 is 15.4 Å². The SMILES string of the molecule is CCN(CC(C)C(N)=S)c1nccc2cc(OC)ccc12. The fourth-order valence-electron chi connectivity index (χ4n) is 2.30. The van der Waals surface area contributed by atoms with Crippen molar-refractivity contribution < 1.29 is 4.74 Å². The molecule has 1 atom stereocenters. The van der Waals surface area contributed by atoms with Crippen LogP contribution in [-0.4, -0.2) is 30.2 Å². The molecule has 1 aromatic carbocycles. The van der Waals surface area contributed by atoms with Gasteiger partial charge in [-0.25, -0.2) is 4.98 Å². The first-order valence-corrected chi connectivity index (χ1v) is 7.44. The van der Waals surface area contributed by atoms with Crippen molar-refractivity contribution in [1.29, 1.82) is 0 Å². The molecule has 1 aromatic heterocycles. The van der Waals surface area contributed by atoms with Crippen LogP contribution in [0.4, 0.5) is 5.82 Å². The maximum Gasteiger partial charge on any atom is 0.136 e. The van der Waals surface area contributed by atoms with Gasteiger partial charge in [0.05, 0.1) is 12.1 Å². The molecule has 2 N–H and O–H groups in total. The molecule has 0 aliphatic rings. The van der Waals surface area contributed by atoms with Crippen molar-refractivity contribution in [1.82, 2.24) is 4.98 Å². The van der Waals surface area contributed by atoms with Gasteiger partial charge in [-0.15, -0.1) is 0 Å². The predicted octanol–water partition coefficient (Wildman–Crippen LogP) is 2.99. The first-order valence-electron chi connectivity index (χ1n) is 7.03. The van der Waals surface area contributed by atoms with Gasteiger partial charge in [-0.2, -0.15) is 0 Å². The average molecular weight is 303 g/mol. The highest BCUT2D eigenvalue weighted by Gasteiger charge is 2.15. The number of benzene rings is 1. The van der Waals surface area contributed by atoms with Crippen LogP contribution in [0.15, 0.2) is 30.5 Å². The largest absolute Gasteiger partial charge is 0.497 e. The molecule has 0 aliphatic heterocycles. The van der Waals surface area contributed by atoms with Crippen molar-refractivity contribution >= 4 is 33.8 Å². The van der Waals surface area contributed by atoms with Gasteiger partial charge in [0.25, 0.3) is 0 Å². The summed E-state index contributed by atoms with van der Waals surface area (Å²) >= 11 is 5.08. The summed E-state index contributed by atoms with van der Waals surface area (Å²) < 4.78 is 5.28. The predicted molar refractivity (Wildman–Crippen MR) is 92.1 cm³/mol. The molecule has 1 heterocycles. The number of nitrogens with zero attached hydrogens (tertiary/aromatic N) is 2. The van der Waals surface area contributed by atoms with E-state index in [-0.39, 0.29) is 5.92 Å². The first kappa shape index (κ1) is 15.5. The van der Waals surface area contributed by atoms with Gasteiger partial charge in [-0.1, -0.05) is 19.1 Å². The molecule has 0 saturated carbocycles. The van der Waals surface area contributed by atoms with E-state index in [0.717, 1.165) is 35.4 Å². The van der Waals surface area contributed by atoms with Gasteiger partial charge < -0.3 is 15.4 Å². The second-order valence-electron chi connectivity index (χ2n) is 5.06. The molecule has 1 unspecified atom stereocenters. The van der Waals surface area contributed by atoms with Gasteiger partial charge in [0.2, 0.25) is 0 Å². The van der Waals surface area contributed by atoms with E-state index >= 15 is 0 Å². The Balaban J connectivity index is 2.41. The minimum Gasteiger partial charge on any atom is -0.497 e. The number of pyridine rings is 1. The highest BCUT2D eigenvalue weighted by atomic mass is 32.1. The zero-order valence-corrected chi connectivity index (χ0v) is 13.5. The monoisotopic (exact) mass is 303 g/mol. The van der Waals surface area contributed by atoms with E-state index in [2.05, 4.69) is 16.8 Å². The number of hydrogen-bond donors (Lipinski definition) is 1. The zero-order chi connectivity index (χ0) is 15.4. The van der Waals surface area contributed by atoms with E-state index in [9.17, 15) is 0 Å². The average Bonchev–Trinajstić information content (AvgIpc) is 2.51. The molecule has 112 valence electrons. The number of aromatic nitrogens is 1. The summed E-state index contributed by atoms with van der Waals surface area (Å²) in [5.74, 6) is 1.95. The Labute approximate surface area is 130 Å². The lowest BCUT2D eigenvalue weighted by Crippen LogP contribution is -2.34. The summed E-state index contributed by atoms with van der Waals surface area (Å²) in [6.07, 6.45) is 1.82. The molecule has 0 amide bonds. The lowest BCUT2D eigenvalue weighted by molar-refractivity contribution is 0.415. The molecule has 21 heavy (non-hydrogen) atoms. The Morgan fingerprint density at radius 2 is 2.19 bits per heavy atom. The topological polar surface area (TPSA) is 51.4 Å². The van der Waals surface area contributed by atoms with Crippen LogP contribution in [0.2, 0.25) is 0 Å². The van der Waals surface area contributed by atoms with E-state index < -0.39 is 0 Å². The van der Waals surface area contributed by atoms with Crippen LogP contribution in [0.3, 0.4) is 0 Å². The molecule has 2 rings (SSSR count). The molecule has 0 radical (unpaired) electrons. The number of methoxy groups -OCH3 is 1. The number of rotatable bonds is 6. The molecular formula is C16H21N3OS. The van der Waals surface area contributed by atoms with Gasteiger partial charge >= 0.3 is 0 Å². The molecule has 0 spiro atoms. The summed E-state index contributed by atoms with van der Waals surface area (Å²) in [7, 11) is 1.67. The van der Waals surface area contributed by atoms with Crippen LogP contribution in [0.5, 0.6) is 5.75 Å². The molecule has 2 aromatic rings. The van der Waals surface area contributed by atoms with E-state index in [4.69, 9.17) is 22.7 Å². The lowest BCUT2D eigenvalue weighted by atomic mass is 10.1. The van der Waals surface area contributed by atoms with E-state index in [1.165, 1.54) is 0 Å². The minimum atomic E-state index is 0.148. The van der Waals surface area contributed by atoms with Gasteiger partial charge in [-0.3, -0.25) is 0 Å². The second-order valence-corrected chi connectivity index (χ2v) is 5.54. The number of ether oxygens (including phenoxy) is 1. The smallest absolute Gasteiger partial charge is 0.136 e. The molecule has 0 aliphatic carbocycles. The number of nitrogens with two attached hydrogens (primary N) is 1. The molecule has 0 saturated heterocycles. The maximum atomic E-state index is 5.74. The Bertz CT molecular complexity index is 644. The number of hydrogen-bond acceptors (Lipinski definition) is 4. The number of thiocarbonyl (C=S) groups is 1. The van der Waals surface area contributed by atoms with Gasteiger partial charge in [-0.05, 0) is 36.6 Å². The Kier molecular flexibility index (Phi) is 4.96. The Hall–Kier alpha value is -1.88. The van der Waals surface area contributed by atoms with Gasteiger partial charge in [0.15, 0.2) is 0 Å². The number of anilines is 1. The van der Waals surface area contributed by atoms with Crippen LogP contribution in [0.25, 0.3) is 10.8 Å². The van der Waals surface area contributed by atoms with Crippen molar-refractivity contribution in [3.63, 3.8) is 0 Å². The normalized spacial score (nSPS) is 12.1. The molecule has 4 nitrogen and oxygen atoms in total. The zero-order valence-electron chi connectivity index (χ0n) is 12.7. The van der Waals surface area contributed by atoms with Crippen LogP contribution in [-0.2, 0) is 0 Å². The fourth-order valence-corrected chi connectivity index (χ4v) is 2.38.